The van der Waals surface area contributed by atoms with E-state index >= 15 is 0 Å². The van der Waals surface area contributed by atoms with Gasteiger partial charge in [0.15, 0.2) is 0 Å². The first-order valence-corrected chi connectivity index (χ1v) is 6.66. The zero-order valence-electron chi connectivity index (χ0n) is 10.6. The number of rotatable bonds is 4. The molecule has 1 aliphatic rings. The van der Waals surface area contributed by atoms with Gasteiger partial charge in [0, 0.05) is 6.61 Å². The van der Waals surface area contributed by atoms with Gasteiger partial charge in [-0.25, -0.2) is 0 Å². The fourth-order valence-corrected chi connectivity index (χ4v) is 2.50. The van der Waals surface area contributed by atoms with E-state index in [0.717, 1.165) is 17.7 Å². The summed E-state index contributed by atoms with van der Waals surface area (Å²) in [5.41, 5.74) is 1.16. The Morgan fingerprint density at radius 2 is 1.88 bits per heavy atom. The van der Waals surface area contributed by atoms with E-state index in [1.165, 1.54) is 25.7 Å². The summed E-state index contributed by atoms with van der Waals surface area (Å²) >= 11 is 0. The van der Waals surface area contributed by atoms with E-state index in [-0.39, 0.29) is 6.61 Å². The second-order valence-corrected chi connectivity index (χ2v) is 5.04. The molecule has 2 nitrogen and oxygen atoms in total. The van der Waals surface area contributed by atoms with Crippen LogP contribution >= 0.6 is 0 Å². The van der Waals surface area contributed by atoms with Crippen molar-refractivity contribution >= 4 is 0 Å². The van der Waals surface area contributed by atoms with E-state index < -0.39 is 0 Å². The zero-order valence-corrected chi connectivity index (χ0v) is 10.6. The smallest absolute Gasteiger partial charge is 0.119 e. The van der Waals surface area contributed by atoms with Crippen molar-refractivity contribution < 1.29 is 9.84 Å². The Morgan fingerprint density at radius 3 is 2.53 bits per heavy atom. The third-order valence-corrected chi connectivity index (χ3v) is 3.64. The first-order chi connectivity index (χ1) is 8.29. The van der Waals surface area contributed by atoms with E-state index in [4.69, 9.17) is 9.84 Å². The minimum Gasteiger partial charge on any atom is -0.490 e. The Morgan fingerprint density at radius 1 is 1.18 bits per heavy atom. The summed E-state index contributed by atoms with van der Waals surface area (Å²) < 4.78 is 6.04. The van der Waals surface area contributed by atoms with Crippen LogP contribution < -0.4 is 4.74 Å². The standard InChI is InChI=1S/C15H22O2/c1-12-4-2-3-5-15(12)17-14-8-6-13(7-9-14)10-11-16/h6-9,12,15-16H,2-5,10-11H2,1H3/t12-,15-/m1/s1. The minimum absolute atomic E-state index is 0.208. The molecule has 0 bridgehead atoms. The molecule has 2 atom stereocenters. The highest BCUT2D eigenvalue weighted by Gasteiger charge is 2.22. The summed E-state index contributed by atoms with van der Waals surface area (Å²) in [6.07, 6.45) is 6.20. The summed E-state index contributed by atoms with van der Waals surface area (Å²) in [4.78, 5) is 0. The van der Waals surface area contributed by atoms with Crippen molar-refractivity contribution in [3.05, 3.63) is 29.8 Å². The van der Waals surface area contributed by atoms with Gasteiger partial charge in [0.05, 0.1) is 0 Å². The molecule has 1 aliphatic carbocycles. The molecule has 17 heavy (non-hydrogen) atoms. The van der Waals surface area contributed by atoms with Crippen LogP contribution in [0.3, 0.4) is 0 Å². The topological polar surface area (TPSA) is 29.5 Å². The predicted octanol–water partition coefficient (Wildman–Crippen LogP) is 3.18. The Labute approximate surface area is 104 Å². The van der Waals surface area contributed by atoms with E-state index in [0.29, 0.717) is 12.0 Å². The van der Waals surface area contributed by atoms with Crippen LogP contribution in [0.25, 0.3) is 0 Å². The molecule has 94 valence electrons. The highest BCUT2D eigenvalue weighted by atomic mass is 16.5. The molecule has 0 unspecified atom stereocenters. The van der Waals surface area contributed by atoms with Gasteiger partial charge < -0.3 is 9.84 Å². The highest BCUT2D eigenvalue weighted by Crippen LogP contribution is 2.28. The van der Waals surface area contributed by atoms with Crippen molar-refractivity contribution in [1.82, 2.24) is 0 Å². The number of ether oxygens (including phenoxy) is 1. The minimum atomic E-state index is 0.208. The first-order valence-electron chi connectivity index (χ1n) is 6.66. The molecule has 1 saturated carbocycles. The summed E-state index contributed by atoms with van der Waals surface area (Å²) in [6, 6.07) is 8.12. The summed E-state index contributed by atoms with van der Waals surface area (Å²) in [5, 5.41) is 8.85. The van der Waals surface area contributed by atoms with Gasteiger partial charge in [-0.05, 0) is 49.3 Å². The van der Waals surface area contributed by atoms with Crippen LogP contribution in [-0.2, 0) is 6.42 Å². The van der Waals surface area contributed by atoms with Crippen molar-refractivity contribution in [2.45, 2.75) is 45.1 Å². The lowest BCUT2D eigenvalue weighted by Crippen LogP contribution is -2.28. The van der Waals surface area contributed by atoms with Crippen molar-refractivity contribution in [2.75, 3.05) is 6.61 Å². The van der Waals surface area contributed by atoms with Gasteiger partial charge in [-0.3, -0.25) is 0 Å². The fourth-order valence-electron chi connectivity index (χ4n) is 2.50. The second kappa shape index (κ2) is 6.06. The molecular formula is C15H22O2. The molecule has 0 radical (unpaired) electrons. The van der Waals surface area contributed by atoms with E-state index in [2.05, 4.69) is 6.92 Å². The largest absolute Gasteiger partial charge is 0.490 e. The van der Waals surface area contributed by atoms with Gasteiger partial charge in [0.25, 0.3) is 0 Å². The van der Waals surface area contributed by atoms with Crippen molar-refractivity contribution in [3.8, 4) is 5.75 Å². The van der Waals surface area contributed by atoms with Gasteiger partial charge in [0.2, 0.25) is 0 Å². The molecule has 1 aromatic rings. The lowest BCUT2D eigenvalue weighted by Gasteiger charge is -2.29. The predicted molar refractivity (Wildman–Crippen MR) is 69.3 cm³/mol. The molecule has 0 heterocycles. The Bertz CT molecular complexity index is 331. The summed E-state index contributed by atoms with van der Waals surface area (Å²) in [5.74, 6) is 1.63. The number of aliphatic hydroxyl groups excluding tert-OH is 1. The maximum Gasteiger partial charge on any atom is 0.119 e. The van der Waals surface area contributed by atoms with Crippen LogP contribution in [-0.4, -0.2) is 17.8 Å². The number of benzene rings is 1. The summed E-state index contributed by atoms with van der Waals surface area (Å²) in [7, 11) is 0. The highest BCUT2D eigenvalue weighted by molar-refractivity contribution is 5.27. The maximum absolute atomic E-state index is 8.85. The fraction of sp³-hybridized carbons (Fsp3) is 0.600. The molecule has 0 saturated heterocycles. The SMILES string of the molecule is C[C@@H]1CCCC[C@H]1Oc1ccc(CCO)cc1. The van der Waals surface area contributed by atoms with E-state index in [1.54, 1.807) is 0 Å². The van der Waals surface area contributed by atoms with Crippen LogP contribution in [0, 0.1) is 5.92 Å². The second-order valence-electron chi connectivity index (χ2n) is 5.04. The monoisotopic (exact) mass is 234 g/mol. The van der Waals surface area contributed by atoms with Crippen LogP contribution in [0.15, 0.2) is 24.3 Å². The molecule has 0 spiro atoms. The normalized spacial score (nSPS) is 24.6. The van der Waals surface area contributed by atoms with Crippen LogP contribution in [0.1, 0.15) is 38.2 Å². The van der Waals surface area contributed by atoms with Gasteiger partial charge in [-0.1, -0.05) is 25.5 Å². The Kier molecular flexibility index (Phi) is 4.43. The molecular weight excluding hydrogens is 212 g/mol. The molecule has 1 fully saturated rings. The van der Waals surface area contributed by atoms with Crippen molar-refractivity contribution in [2.24, 2.45) is 5.92 Å². The molecule has 1 N–H and O–H groups in total. The maximum atomic E-state index is 8.85. The van der Waals surface area contributed by atoms with Crippen LogP contribution in [0.2, 0.25) is 0 Å². The van der Waals surface area contributed by atoms with Gasteiger partial charge in [-0.2, -0.15) is 0 Å². The number of hydrogen-bond donors (Lipinski definition) is 1. The van der Waals surface area contributed by atoms with Gasteiger partial charge >= 0.3 is 0 Å². The van der Waals surface area contributed by atoms with Gasteiger partial charge in [-0.15, -0.1) is 0 Å². The molecule has 0 aromatic heterocycles. The summed E-state index contributed by atoms with van der Waals surface area (Å²) in [6.45, 7) is 2.49. The van der Waals surface area contributed by atoms with Crippen LogP contribution in [0.4, 0.5) is 0 Å². The molecule has 2 heteroatoms. The van der Waals surface area contributed by atoms with E-state index in [1.807, 2.05) is 24.3 Å². The van der Waals surface area contributed by atoms with E-state index in [9.17, 15) is 0 Å². The Balaban J connectivity index is 1.93. The average Bonchev–Trinajstić information content (AvgIpc) is 2.35. The third kappa shape index (κ3) is 3.47. The zero-order chi connectivity index (χ0) is 12.1. The van der Waals surface area contributed by atoms with Crippen molar-refractivity contribution in [3.63, 3.8) is 0 Å². The lowest BCUT2D eigenvalue weighted by atomic mass is 9.88. The average molecular weight is 234 g/mol. The molecule has 1 aromatic carbocycles. The molecule has 0 amide bonds. The van der Waals surface area contributed by atoms with Crippen LogP contribution in [0.5, 0.6) is 5.75 Å². The first kappa shape index (κ1) is 12.4. The Hall–Kier alpha value is -1.02. The number of hydrogen-bond acceptors (Lipinski definition) is 2. The third-order valence-electron chi connectivity index (χ3n) is 3.64. The van der Waals surface area contributed by atoms with Gasteiger partial charge in [0.1, 0.15) is 11.9 Å². The van der Waals surface area contributed by atoms with Crippen molar-refractivity contribution in [1.29, 1.82) is 0 Å². The quantitative estimate of drug-likeness (QED) is 0.867. The lowest BCUT2D eigenvalue weighted by molar-refractivity contribution is 0.102. The molecule has 2 rings (SSSR count). The molecule has 0 aliphatic heterocycles. The number of aliphatic hydroxyl groups is 1.